The molecule has 1 aromatic rings. The molecule has 0 spiro atoms. The van der Waals surface area contributed by atoms with Crippen molar-refractivity contribution in [2.24, 2.45) is 0 Å². The van der Waals surface area contributed by atoms with Crippen molar-refractivity contribution in [3.8, 4) is 0 Å². The molecule has 5 nitrogen and oxygen atoms in total. The number of carbonyl (C=O) groups excluding carboxylic acids is 1. The lowest BCUT2D eigenvalue weighted by Gasteiger charge is -2.25. The standard InChI is InChI=1S/C13H15BrF2N2O3/c1-3-4-13(2,11(19)20)18-12(21)17-10-8(15)5-7(14)6-9(10)16/h5-6H,3-4H2,1-2H3,(H,19,20)(H2,17,18,21). The lowest BCUT2D eigenvalue weighted by atomic mass is 9.97. The van der Waals surface area contributed by atoms with Gasteiger partial charge in [0.05, 0.1) is 0 Å². The van der Waals surface area contributed by atoms with Crippen LogP contribution in [0.2, 0.25) is 0 Å². The fraction of sp³-hybridized carbons (Fsp3) is 0.385. The summed E-state index contributed by atoms with van der Waals surface area (Å²) in [6.07, 6.45) is 0.700. The maximum atomic E-state index is 13.6. The first kappa shape index (κ1) is 17.4. The molecule has 0 aliphatic rings. The second kappa shape index (κ2) is 6.84. The Bertz CT molecular complexity index is 545. The average Bonchev–Trinajstić information content (AvgIpc) is 2.33. The Labute approximate surface area is 128 Å². The van der Waals surface area contributed by atoms with E-state index < -0.39 is 34.9 Å². The summed E-state index contributed by atoms with van der Waals surface area (Å²) in [7, 11) is 0. The highest BCUT2D eigenvalue weighted by atomic mass is 79.9. The van der Waals surface area contributed by atoms with Gasteiger partial charge in [-0.25, -0.2) is 18.4 Å². The average molecular weight is 365 g/mol. The largest absolute Gasteiger partial charge is 0.480 e. The summed E-state index contributed by atoms with van der Waals surface area (Å²) >= 11 is 2.92. The van der Waals surface area contributed by atoms with Crippen molar-refractivity contribution in [2.75, 3.05) is 5.32 Å². The van der Waals surface area contributed by atoms with E-state index in [1.54, 1.807) is 6.92 Å². The van der Waals surface area contributed by atoms with Gasteiger partial charge in [-0.05, 0) is 25.5 Å². The highest BCUT2D eigenvalue weighted by Gasteiger charge is 2.34. The molecule has 0 fully saturated rings. The number of carboxylic acid groups (broad SMARTS) is 1. The molecule has 0 bridgehead atoms. The topological polar surface area (TPSA) is 78.4 Å². The third-order valence-electron chi connectivity index (χ3n) is 2.86. The Balaban J connectivity index is 2.89. The van der Waals surface area contributed by atoms with E-state index in [0.717, 1.165) is 12.1 Å². The van der Waals surface area contributed by atoms with Gasteiger partial charge in [-0.15, -0.1) is 0 Å². The summed E-state index contributed by atoms with van der Waals surface area (Å²) < 4.78 is 27.3. The second-order valence-electron chi connectivity index (χ2n) is 4.71. The van der Waals surface area contributed by atoms with E-state index in [9.17, 15) is 18.4 Å². The number of halogens is 3. The van der Waals surface area contributed by atoms with Crippen LogP contribution in [-0.2, 0) is 4.79 Å². The highest BCUT2D eigenvalue weighted by Crippen LogP contribution is 2.24. The van der Waals surface area contributed by atoms with Crippen LogP contribution in [0.4, 0.5) is 19.3 Å². The number of carbonyl (C=O) groups is 2. The van der Waals surface area contributed by atoms with Crippen LogP contribution in [0.15, 0.2) is 16.6 Å². The smallest absolute Gasteiger partial charge is 0.329 e. The summed E-state index contributed by atoms with van der Waals surface area (Å²) in [4.78, 5) is 22.9. The van der Waals surface area contributed by atoms with Crippen molar-refractivity contribution >= 4 is 33.6 Å². The molecular formula is C13H15BrF2N2O3. The van der Waals surface area contributed by atoms with Crippen molar-refractivity contribution in [1.82, 2.24) is 5.32 Å². The molecule has 0 heterocycles. The maximum absolute atomic E-state index is 13.6. The Hall–Kier alpha value is -1.70. The predicted molar refractivity (Wildman–Crippen MR) is 77.2 cm³/mol. The molecule has 0 radical (unpaired) electrons. The lowest BCUT2D eigenvalue weighted by molar-refractivity contribution is -0.143. The van der Waals surface area contributed by atoms with E-state index in [0.29, 0.717) is 6.42 Å². The first-order chi connectivity index (χ1) is 9.69. The molecule has 3 N–H and O–H groups in total. The highest BCUT2D eigenvalue weighted by molar-refractivity contribution is 9.10. The summed E-state index contributed by atoms with van der Waals surface area (Å²) in [5.41, 5.74) is -2.15. The van der Waals surface area contributed by atoms with Crippen LogP contribution in [-0.4, -0.2) is 22.6 Å². The second-order valence-corrected chi connectivity index (χ2v) is 5.63. The molecule has 1 aromatic carbocycles. The number of urea groups is 1. The zero-order valence-electron chi connectivity index (χ0n) is 11.5. The van der Waals surface area contributed by atoms with Crippen molar-refractivity contribution in [3.05, 3.63) is 28.2 Å². The van der Waals surface area contributed by atoms with E-state index in [4.69, 9.17) is 5.11 Å². The van der Waals surface area contributed by atoms with E-state index in [2.05, 4.69) is 21.2 Å². The molecule has 0 aliphatic heterocycles. The lowest BCUT2D eigenvalue weighted by Crippen LogP contribution is -2.53. The minimum absolute atomic E-state index is 0.182. The SMILES string of the molecule is CCCC(C)(NC(=O)Nc1c(F)cc(Br)cc1F)C(=O)O. The number of benzene rings is 1. The van der Waals surface area contributed by atoms with Crippen LogP contribution in [0.1, 0.15) is 26.7 Å². The molecule has 0 aromatic heterocycles. The monoisotopic (exact) mass is 364 g/mol. The summed E-state index contributed by atoms with van der Waals surface area (Å²) in [5.74, 6) is -3.16. The minimum Gasteiger partial charge on any atom is -0.480 e. The zero-order chi connectivity index (χ0) is 16.2. The number of hydrogen-bond donors (Lipinski definition) is 3. The fourth-order valence-corrected chi connectivity index (χ4v) is 2.18. The molecule has 8 heteroatoms. The van der Waals surface area contributed by atoms with Gasteiger partial charge in [0.15, 0.2) is 11.6 Å². The number of aliphatic carboxylic acids is 1. The van der Waals surface area contributed by atoms with Crippen molar-refractivity contribution < 1.29 is 23.5 Å². The number of rotatable bonds is 5. The van der Waals surface area contributed by atoms with Gasteiger partial charge >= 0.3 is 12.0 Å². The van der Waals surface area contributed by atoms with Gasteiger partial charge in [-0.3, -0.25) is 0 Å². The Morgan fingerprint density at radius 3 is 2.29 bits per heavy atom. The van der Waals surface area contributed by atoms with Crippen LogP contribution in [0.5, 0.6) is 0 Å². The van der Waals surface area contributed by atoms with Crippen LogP contribution < -0.4 is 10.6 Å². The molecule has 1 rings (SSSR count). The van der Waals surface area contributed by atoms with Gasteiger partial charge in [0, 0.05) is 4.47 Å². The Kier molecular flexibility index (Phi) is 5.65. The van der Waals surface area contributed by atoms with E-state index in [-0.39, 0.29) is 10.9 Å². The van der Waals surface area contributed by atoms with Gasteiger partial charge in [-0.2, -0.15) is 0 Å². The normalized spacial score (nSPS) is 13.4. The quantitative estimate of drug-likeness (QED) is 0.748. The van der Waals surface area contributed by atoms with Crippen molar-refractivity contribution in [1.29, 1.82) is 0 Å². The number of anilines is 1. The molecule has 0 aliphatic carbocycles. The minimum atomic E-state index is -1.51. The molecule has 0 saturated carbocycles. The van der Waals surface area contributed by atoms with E-state index in [1.165, 1.54) is 6.92 Å². The van der Waals surface area contributed by atoms with E-state index in [1.807, 2.05) is 5.32 Å². The predicted octanol–water partition coefficient (Wildman–Crippen LogP) is 3.49. The molecular weight excluding hydrogens is 350 g/mol. The molecule has 0 saturated heterocycles. The van der Waals surface area contributed by atoms with Crippen LogP contribution in [0.25, 0.3) is 0 Å². The number of hydrogen-bond acceptors (Lipinski definition) is 2. The van der Waals surface area contributed by atoms with Gasteiger partial charge in [0.1, 0.15) is 11.2 Å². The van der Waals surface area contributed by atoms with Crippen molar-refractivity contribution in [2.45, 2.75) is 32.2 Å². The molecule has 1 atom stereocenters. The van der Waals surface area contributed by atoms with Gasteiger partial charge in [-0.1, -0.05) is 29.3 Å². The zero-order valence-corrected chi connectivity index (χ0v) is 13.1. The maximum Gasteiger partial charge on any atom is 0.329 e. The van der Waals surface area contributed by atoms with Crippen molar-refractivity contribution in [3.63, 3.8) is 0 Å². The Morgan fingerprint density at radius 1 is 1.33 bits per heavy atom. The molecule has 2 amide bonds. The number of nitrogens with one attached hydrogen (secondary N) is 2. The molecule has 1 unspecified atom stereocenters. The van der Waals surface area contributed by atoms with E-state index >= 15 is 0 Å². The van der Waals surface area contributed by atoms with Gasteiger partial charge in [0.2, 0.25) is 0 Å². The van der Waals surface area contributed by atoms with Crippen LogP contribution in [0, 0.1) is 11.6 Å². The van der Waals surface area contributed by atoms with Gasteiger partial charge in [0.25, 0.3) is 0 Å². The molecule has 116 valence electrons. The fourth-order valence-electron chi connectivity index (χ4n) is 1.78. The van der Waals surface area contributed by atoms with Gasteiger partial charge < -0.3 is 15.7 Å². The molecule has 21 heavy (non-hydrogen) atoms. The summed E-state index contributed by atoms with van der Waals surface area (Å²) in [6, 6.07) is 0.982. The third-order valence-corrected chi connectivity index (χ3v) is 3.31. The first-order valence-corrected chi connectivity index (χ1v) is 6.96. The number of amides is 2. The summed E-state index contributed by atoms with van der Waals surface area (Å²) in [5, 5.41) is 13.3. The van der Waals surface area contributed by atoms with Crippen LogP contribution in [0.3, 0.4) is 0 Å². The first-order valence-electron chi connectivity index (χ1n) is 6.16. The summed E-state index contributed by atoms with van der Waals surface area (Å²) in [6.45, 7) is 3.08. The Morgan fingerprint density at radius 2 is 1.86 bits per heavy atom. The third kappa shape index (κ3) is 4.38. The van der Waals surface area contributed by atoms with Crippen LogP contribution >= 0.6 is 15.9 Å². The number of carboxylic acids is 1.